The van der Waals surface area contributed by atoms with Gasteiger partial charge in [-0.2, -0.15) is 0 Å². The quantitative estimate of drug-likeness (QED) is 0.547. The lowest BCUT2D eigenvalue weighted by Gasteiger charge is -2.41. The first-order chi connectivity index (χ1) is 18.8. The number of hydrogen-bond acceptors (Lipinski definition) is 6. The van der Waals surface area contributed by atoms with Gasteiger partial charge in [0.05, 0.1) is 11.3 Å². The molecule has 0 radical (unpaired) electrons. The van der Waals surface area contributed by atoms with Crippen molar-refractivity contribution in [1.82, 2.24) is 14.5 Å². The topological polar surface area (TPSA) is 102 Å². The minimum atomic E-state index is -4.01. The number of anilines is 2. The van der Waals surface area contributed by atoms with Gasteiger partial charge in [-0.05, 0) is 82.1 Å². The Kier molecular flexibility index (Phi) is 8.23. The van der Waals surface area contributed by atoms with E-state index in [1.165, 1.54) is 69.7 Å². The Bertz CT molecular complexity index is 1300. The Labute approximate surface area is 230 Å². The second-order valence-electron chi connectivity index (χ2n) is 10.6. The number of nitrogens with zero attached hydrogens (tertiary/aromatic N) is 3. The molecule has 5 rings (SSSR count). The van der Waals surface area contributed by atoms with Crippen molar-refractivity contribution in [2.45, 2.75) is 62.4 Å². The van der Waals surface area contributed by atoms with E-state index in [2.05, 4.69) is 20.4 Å². The van der Waals surface area contributed by atoms with Crippen LogP contribution in [0.25, 0.3) is 0 Å². The molecule has 0 aromatic heterocycles. The van der Waals surface area contributed by atoms with Gasteiger partial charge in [-0.3, -0.25) is 13.9 Å². The summed E-state index contributed by atoms with van der Waals surface area (Å²) in [5.41, 5.74) is 2.65. The van der Waals surface area contributed by atoms with Gasteiger partial charge >= 0.3 is 0 Å². The van der Waals surface area contributed by atoms with Crippen molar-refractivity contribution in [2.75, 3.05) is 36.4 Å². The summed E-state index contributed by atoms with van der Waals surface area (Å²) in [6, 6.07) is 13.6. The second kappa shape index (κ2) is 11.8. The molecule has 1 atom stereocenters. The summed E-state index contributed by atoms with van der Waals surface area (Å²) in [6.45, 7) is 6.36. The average molecular weight is 552 g/mol. The summed E-state index contributed by atoms with van der Waals surface area (Å²) in [6.07, 6.45) is 8.57. The van der Waals surface area contributed by atoms with Crippen molar-refractivity contribution >= 4 is 33.2 Å². The van der Waals surface area contributed by atoms with Gasteiger partial charge in [0.2, 0.25) is 11.8 Å². The fourth-order valence-electron chi connectivity index (χ4n) is 5.69. The number of likely N-dealkylation sites (tertiary alicyclic amines) is 1. The largest absolute Gasteiger partial charge is 0.371 e. The lowest BCUT2D eigenvalue weighted by atomic mass is 9.99. The number of carbonyl (C=O) groups is 2. The predicted molar refractivity (Wildman–Crippen MR) is 152 cm³/mol. The van der Waals surface area contributed by atoms with Crippen LogP contribution in [-0.2, 0) is 19.6 Å². The monoisotopic (exact) mass is 551 g/mol. The van der Waals surface area contributed by atoms with Gasteiger partial charge in [-0.25, -0.2) is 8.42 Å². The zero-order valence-corrected chi connectivity index (χ0v) is 23.2. The van der Waals surface area contributed by atoms with Crippen molar-refractivity contribution in [3.8, 4) is 0 Å². The molecule has 3 heterocycles. The molecule has 39 heavy (non-hydrogen) atoms. The number of hydrogen-bond donors (Lipinski definition) is 2. The van der Waals surface area contributed by atoms with E-state index in [-0.39, 0.29) is 11.3 Å². The zero-order chi connectivity index (χ0) is 27.4. The first-order valence-electron chi connectivity index (χ1n) is 13.8. The number of nitrogens with one attached hydrogen (secondary N) is 2. The molecular formula is C29H37N5O4S. The van der Waals surface area contributed by atoms with Crippen LogP contribution >= 0.6 is 0 Å². The SMILES string of the molecule is Cc1ccc(S(=O)(=O)N2C=CNC(=O)[C@H]2CC(=O)Nc2ccc(N3CCC(N4CCCCC4)CC3)cc2)cc1. The fourth-order valence-corrected chi connectivity index (χ4v) is 7.14. The highest BCUT2D eigenvalue weighted by Crippen LogP contribution is 2.27. The number of amides is 2. The Balaban J connectivity index is 1.18. The van der Waals surface area contributed by atoms with Crippen LogP contribution in [0.3, 0.4) is 0 Å². The number of rotatable bonds is 7. The molecule has 3 aliphatic heterocycles. The van der Waals surface area contributed by atoms with E-state index >= 15 is 0 Å². The highest BCUT2D eigenvalue weighted by Gasteiger charge is 2.37. The lowest BCUT2D eigenvalue weighted by molar-refractivity contribution is -0.127. The minimum absolute atomic E-state index is 0.0633. The first kappa shape index (κ1) is 27.2. The molecule has 2 amide bonds. The molecule has 2 saturated heterocycles. The normalized spacial score (nSPS) is 21.1. The molecule has 208 valence electrons. The fraction of sp³-hybridized carbons (Fsp3) is 0.448. The van der Waals surface area contributed by atoms with E-state index in [1.54, 1.807) is 12.1 Å². The number of piperidine rings is 2. The number of carbonyl (C=O) groups excluding carboxylic acids is 2. The summed E-state index contributed by atoms with van der Waals surface area (Å²) < 4.78 is 27.5. The van der Waals surface area contributed by atoms with E-state index in [9.17, 15) is 18.0 Å². The molecule has 0 spiro atoms. The number of aryl methyl sites for hydroxylation is 1. The van der Waals surface area contributed by atoms with Gasteiger partial charge in [0.15, 0.2) is 0 Å². The van der Waals surface area contributed by atoms with Crippen LogP contribution < -0.4 is 15.5 Å². The van der Waals surface area contributed by atoms with E-state index in [0.29, 0.717) is 11.7 Å². The molecular weight excluding hydrogens is 514 g/mol. The molecule has 3 aliphatic rings. The van der Waals surface area contributed by atoms with E-state index in [0.717, 1.165) is 28.6 Å². The molecule has 0 aliphatic carbocycles. The first-order valence-corrected chi connectivity index (χ1v) is 15.2. The predicted octanol–water partition coefficient (Wildman–Crippen LogP) is 3.44. The maximum absolute atomic E-state index is 13.2. The molecule has 2 fully saturated rings. The van der Waals surface area contributed by atoms with Crippen molar-refractivity contribution in [1.29, 1.82) is 0 Å². The van der Waals surface area contributed by atoms with Gasteiger partial charge in [0.25, 0.3) is 10.0 Å². The van der Waals surface area contributed by atoms with Crippen molar-refractivity contribution in [3.63, 3.8) is 0 Å². The smallest absolute Gasteiger partial charge is 0.264 e. The molecule has 0 unspecified atom stereocenters. The average Bonchev–Trinajstić information content (AvgIpc) is 2.95. The lowest BCUT2D eigenvalue weighted by Crippen LogP contribution is -2.50. The van der Waals surface area contributed by atoms with Crippen LogP contribution in [-0.4, -0.2) is 67.7 Å². The van der Waals surface area contributed by atoms with Gasteiger partial charge in [-0.1, -0.05) is 24.1 Å². The van der Waals surface area contributed by atoms with Crippen molar-refractivity contribution < 1.29 is 18.0 Å². The van der Waals surface area contributed by atoms with Crippen LogP contribution in [0.4, 0.5) is 11.4 Å². The molecule has 2 aromatic carbocycles. The summed E-state index contributed by atoms with van der Waals surface area (Å²) in [4.78, 5) is 30.6. The van der Waals surface area contributed by atoms with Crippen LogP contribution in [0.2, 0.25) is 0 Å². The maximum Gasteiger partial charge on any atom is 0.264 e. The van der Waals surface area contributed by atoms with Gasteiger partial charge < -0.3 is 20.4 Å². The van der Waals surface area contributed by atoms with Gasteiger partial charge in [0.1, 0.15) is 6.04 Å². The molecule has 2 aromatic rings. The summed E-state index contributed by atoms with van der Waals surface area (Å²) in [5.74, 6) is -0.990. The van der Waals surface area contributed by atoms with Crippen molar-refractivity contribution in [3.05, 3.63) is 66.5 Å². The molecule has 0 bridgehead atoms. The summed E-state index contributed by atoms with van der Waals surface area (Å²) in [7, 11) is -4.01. The second-order valence-corrected chi connectivity index (χ2v) is 12.4. The van der Waals surface area contributed by atoms with Crippen LogP contribution in [0.1, 0.15) is 44.1 Å². The Morgan fingerprint density at radius 2 is 1.62 bits per heavy atom. The van der Waals surface area contributed by atoms with Gasteiger partial charge in [-0.15, -0.1) is 0 Å². The van der Waals surface area contributed by atoms with Crippen molar-refractivity contribution in [2.24, 2.45) is 0 Å². The highest BCUT2D eigenvalue weighted by molar-refractivity contribution is 7.89. The molecule has 9 nitrogen and oxygen atoms in total. The van der Waals surface area contributed by atoms with E-state index in [4.69, 9.17) is 0 Å². The highest BCUT2D eigenvalue weighted by atomic mass is 32.2. The molecule has 10 heteroatoms. The third-order valence-corrected chi connectivity index (χ3v) is 9.72. The maximum atomic E-state index is 13.2. The third kappa shape index (κ3) is 6.28. The third-order valence-electron chi connectivity index (χ3n) is 7.92. The Hall–Kier alpha value is -3.37. The van der Waals surface area contributed by atoms with Gasteiger partial charge in [0, 0.05) is 42.9 Å². The Morgan fingerprint density at radius 3 is 2.28 bits per heavy atom. The van der Waals surface area contributed by atoms with Crippen LogP contribution in [0.15, 0.2) is 65.8 Å². The van der Waals surface area contributed by atoms with Crippen LogP contribution in [0.5, 0.6) is 0 Å². The number of sulfonamides is 1. The zero-order valence-electron chi connectivity index (χ0n) is 22.4. The standard InChI is InChI=1S/C29H37N5O4S/c1-22-5-11-26(12-6-22)39(37,38)34-20-15-30-29(36)27(34)21-28(35)31-23-7-9-24(10-8-23)33-18-13-25(14-19-33)32-16-3-2-4-17-32/h5-12,15,20,25,27H,2-4,13-14,16-19,21H2,1H3,(H,30,36)(H,31,35)/t27-/m1/s1. The summed E-state index contributed by atoms with van der Waals surface area (Å²) >= 11 is 0. The minimum Gasteiger partial charge on any atom is -0.371 e. The van der Waals surface area contributed by atoms with E-state index < -0.39 is 27.9 Å². The van der Waals surface area contributed by atoms with Crippen LogP contribution in [0, 0.1) is 6.92 Å². The number of benzene rings is 2. The molecule has 2 N–H and O–H groups in total. The molecule has 0 saturated carbocycles. The summed E-state index contributed by atoms with van der Waals surface area (Å²) in [5, 5.41) is 5.34. The Morgan fingerprint density at radius 1 is 0.949 bits per heavy atom. The van der Waals surface area contributed by atoms with E-state index in [1.807, 2.05) is 31.2 Å².